The average molecular weight is 211 g/mol. The van der Waals surface area contributed by atoms with E-state index in [9.17, 15) is 0 Å². The summed E-state index contributed by atoms with van der Waals surface area (Å²) in [5.41, 5.74) is 1.41. The van der Waals surface area contributed by atoms with Crippen molar-refractivity contribution in [3.63, 3.8) is 0 Å². The molecule has 0 aromatic rings. The third-order valence-corrected chi connectivity index (χ3v) is 3.54. The van der Waals surface area contributed by atoms with Gasteiger partial charge in [-0.05, 0) is 38.8 Å². The molecule has 2 rings (SSSR count). The maximum absolute atomic E-state index is 5.63. The highest BCUT2D eigenvalue weighted by Crippen LogP contribution is 2.30. The van der Waals surface area contributed by atoms with E-state index >= 15 is 0 Å². The van der Waals surface area contributed by atoms with Gasteiger partial charge in [0.2, 0.25) is 0 Å². The van der Waals surface area contributed by atoms with Crippen molar-refractivity contribution < 1.29 is 9.47 Å². The van der Waals surface area contributed by atoms with Crippen LogP contribution in [-0.4, -0.2) is 32.4 Å². The van der Waals surface area contributed by atoms with Crippen molar-refractivity contribution in [2.45, 2.75) is 38.3 Å². The Hall–Kier alpha value is -0.540. The molecule has 2 heterocycles. The van der Waals surface area contributed by atoms with E-state index in [1.54, 1.807) is 0 Å². The number of nitrogens with one attached hydrogen (secondary N) is 1. The van der Waals surface area contributed by atoms with Crippen molar-refractivity contribution >= 4 is 0 Å². The largest absolute Gasteiger partial charge is 0.501 e. The molecule has 0 radical (unpaired) electrons. The summed E-state index contributed by atoms with van der Waals surface area (Å²) < 4.78 is 11.0. The van der Waals surface area contributed by atoms with Crippen molar-refractivity contribution in [1.29, 1.82) is 0 Å². The maximum atomic E-state index is 5.63. The van der Waals surface area contributed by atoms with Crippen LogP contribution in [0.2, 0.25) is 0 Å². The minimum Gasteiger partial charge on any atom is -0.501 e. The van der Waals surface area contributed by atoms with E-state index < -0.39 is 0 Å². The molecule has 1 fully saturated rings. The number of hydrogen-bond donors (Lipinski definition) is 1. The first-order valence-corrected chi connectivity index (χ1v) is 5.92. The minimum atomic E-state index is 0.366. The first kappa shape index (κ1) is 11.0. The summed E-state index contributed by atoms with van der Waals surface area (Å²) >= 11 is 0. The summed E-state index contributed by atoms with van der Waals surface area (Å²) in [5, 5.41) is 3.42. The highest BCUT2D eigenvalue weighted by molar-refractivity contribution is 5.13. The molecule has 0 saturated carbocycles. The van der Waals surface area contributed by atoms with Crippen molar-refractivity contribution in [1.82, 2.24) is 5.32 Å². The van der Waals surface area contributed by atoms with Crippen LogP contribution in [0.4, 0.5) is 0 Å². The second kappa shape index (κ2) is 4.99. The Labute approximate surface area is 91.8 Å². The summed E-state index contributed by atoms with van der Waals surface area (Å²) in [6.07, 6.45) is 5.78. The normalized spacial score (nSPS) is 33.3. The van der Waals surface area contributed by atoms with E-state index in [0.717, 1.165) is 32.5 Å². The number of hydrogen-bond acceptors (Lipinski definition) is 3. The molecule has 3 unspecified atom stereocenters. The molecule has 3 nitrogen and oxygen atoms in total. The monoisotopic (exact) mass is 211 g/mol. The van der Waals surface area contributed by atoms with Gasteiger partial charge in [-0.15, -0.1) is 0 Å². The van der Waals surface area contributed by atoms with E-state index in [1.165, 1.54) is 5.57 Å². The molecule has 1 N–H and O–H groups in total. The Balaban J connectivity index is 2.05. The Morgan fingerprint density at radius 1 is 1.47 bits per heavy atom. The number of likely N-dealkylation sites (N-methyl/N-ethyl adjacent to an activating group) is 1. The average Bonchev–Trinajstić information content (AvgIpc) is 2.68. The molecule has 0 aromatic heterocycles. The van der Waals surface area contributed by atoms with Crippen LogP contribution >= 0.6 is 0 Å². The van der Waals surface area contributed by atoms with Crippen LogP contribution < -0.4 is 5.32 Å². The van der Waals surface area contributed by atoms with E-state index in [1.807, 2.05) is 13.3 Å². The van der Waals surface area contributed by atoms with Crippen molar-refractivity contribution in [2.24, 2.45) is 5.92 Å². The van der Waals surface area contributed by atoms with E-state index in [-0.39, 0.29) is 0 Å². The van der Waals surface area contributed by atoms with E-state index in [0.29, 0.717) is 18.1 Å². The molecule has 0 aromatic carbocycles. The smallest absolute Gasteiger partial charge is 0.0876 e. The van der Waals surface area contributed by atoms with Gasteiger partial charge in [-0.3, -0.25) is 0 Å². The third-order valence-electron chi connectivity index (χ3n) is 3.54. The van der Waals surface area contributed by atoms with Crippen LogP contribution in [0.3, 0.4) is 0 Å². The van der Waals surface area contributed by atoms with Crippen LogP contribution in [0.1, 0.15) is 26.2 Å². The maximum Gasteiger partial charge on any atom is 0.0876 e. The van der Waals surface area contributed by atoms with Crippen molar-refractivity contribution in [3.05, 3.63) is 11.8 Å². The van der Waals surface area contributed by atoms with Gasteiger partial charge in [-0.2, -0.15) is 0 Å². The lowest BCUT2D eigenvalue weighted by atomic mass is 9.86. The fourth-order valence-corrected chi connectivity index (χ4v) is 2.67. The van der Waals surface area contributed by atoms with Gasteiger partial charge in [0, 0.05) is 18.6 Å². The quantitative estimate of drug-likeness (QED) is 0.770. The molecular weight excluding hydrogens is 190 g/mol. The van der Waals surface area contributed by atoms with Crippen molar-refractivity contribution in [2.75, 3.05) is 20.3 Å². The number of ether oxygens (including phenoxy) is 2. The fourth-order valence-electron chi connectivity index (χ4n) is 2.67. The zero-order valence-corrected chi connectivity index (χ0v) is 9.66. The highest BCUT2D eigenvalue weighted by Gasteiger charge is 2.33. The molecule has 0 spiro atoms. The third kappa shape index (κ3) is 2.34. The summed E-state index contributed by atoms with van der Waals surface area (Å²) in [7, 11) is 2.03. The van der Waals surface area contributed by atoms with Crippen LogP contribution in [0.25, 0.3) is 0 Å². The second-order valence-corrected chi connectivity index (χ2v) is 4.46. The van der Waals surface area contributed by atoms with Gasteiger partial charge in [-0.1, -0.05) is 0 Å². The van der Waals surface area contributed by atoms with Crippen LogP contribution in [0.15, 0.2) is 11.8 Å². The lowest BCUT2D eigenvalue weighted by molar-refractivity contribution is 0.0979. The zero-order valence-electron chi connectivity index (χ0n) is 9.66. The molecule has 1 saturated heterocycles. The van der Waals surface area contributed by atoms with Gasteiger partial charge in [0.15, 0.2) is 0 Å². The highest BCUT2D eigenvalue weighted by atomic mass is 16.5. The van der Waals surface area contributed by atoms with Gasteiger partial charge in [-0.25, -0.2) is 0 Å². The Bertz CT molecular complexity index is 240. The molecule has 3 atom stereocenters. The summed E-state index contributed by atoms with van der Waals surface area (Å²) in [6.45, 7) is 3.95. The predicted octanol–water partition coefficient (Wildman–Crippen LogP) is 1.69. The lowest BCUT2D eigenvalue weighted by Crippen LogP contribution is -2.39. The topological polar surface area (TPSA) is 30.5 Å². The molecule has 3 heteroatoms. The summed E-state index contributed by atoms with van der Waals surface area (Å²) in [5.74, 6) is 0.600. The van der Waals surface area contributed by atoms with Gasteiger partial charge in [0.1, 0.15) is 0 Å². The first-order valence-electron chi connectivity index (χ1n) is 5.92. The lowest BCUT2D eigenvalue weighted by Gasteiger charge is -2.29. The van der Waals surface area contributed by atoms with E-state index in [2.05, 4.69) is 12.2 Å². The first-order chi connectivity index (χ1) is 7.33. The molecule has 0 amide bonds. The van der Waals surface area contributed by atoms with Gasteiger partial charge in [0.05, 0.1) is 19.0 Å². The molecule has 15 heavy (non-hydrogen) atoms. The van der Waals surface area contributed by atoms with Crippen molar-refractivity contribution in [3.8, 4) is 0 Å². The molecule has 0 bridgehead atoms. The summed E-state index contributed by atoms with van der Waals surface area (Å²) in [4.78, 5) is 0. The van der Waals surface area contributed by atoms with Crippen LogP contribution in [0.5, 0.6) is 0 Å². The van der Waals surface area contributed by atoms with E-state index in [4.69, 9.17) is 9.47 Å². The molecule has 86 valence electrons. The second-order valence-electron chi connectivity index (χ2n) is 4.46. The van der Waals surface area contributed by atoms with Gasteiger partial charge < -0.3 is 14.8 Å². The predicted molar refractivity (Wildman–Crippen MR) is 59.6 cm³/mol. The van der Waals surface area contributed by atoms with Gasteiger partial charge in [0.25, 0.3) is 0 Å². The van der Waals surface area contributed by atoms with Crippen LogP contribution in [-0.2, 0) is 9.47 Å². The van der Waals surface area contributed by atoms with Crippen LogP contribution in [0, 0.1) is 5.92 Å². The molecular formula is C12H21NO2. The Kier molecular flexibility index (Phi) is 3.65. The Morgan fingerprint density at radius 3 is 2.87 bits per heavy atom. The summed E-state index contributed by atoms with van der Waals surface area (Å²) in [6, 6.07) is 0.433. The minimum absolute atomic E-state index is 0.366. The molecule has 0 aliphatic carbocycles. The van der Waals surface area contributed by atoms with Gasteiger partial charge >= 0.3 is 0 Å². The molecule has 2 aliphatic heterocycles. The Morgan fingerprint density at radius 2 is 2.33 bits per heavy atom. The molecule has 2 aliphatic rings. The zero-order chi connectivity index (χ0) is 10.7. The standard InChI is InChI=1S/C12H21NO2/c1-9-11(5-7-15-9)12(13-2)10-4-3-6-14-8-10/h8-9,11-13H,3-7H2,1-2H3. The number of rotatable bonds is 3. The SMILES string of the molecule is CNC(C1=COCCC1)C1CCOC1C. The fraction of sp³-hybridized carbons (Fsp3) is 0.833.